The number of carboxylic acid groups (broad SMARTS) is 2. The number of aliphatic hydroxyl groups is 4. The van der Waals surface area contributed by atoms with Crippen LogP contribution in [-0.2, 0) is 9.59 Å². The van der Waals surface area contributed by atoms with Crippen molar-refractivity contribution in [2.24, 2.45) is 0 Å². The maximum absolute atomic E-state index is 10.0. The summed E-state index contributed by atoms with van der Waals surface area (Å²) >= 11 is 0. The molecule has 20 heavy (non-hydrogen) atoms. The van der Waals surface area contributed by atoms with Crippen molar-refractivity contribution in [1.29, 1.82) is 0 Å². The first kappa shape index (κ1) is 21.1. The lowest BCUT2D eigenvalue weighted by Gasteiger charge is -2.18. The normalized spacial score (nSPS) is 16.3. The molecule has 0 aliphatic carbocycles. The number of hydrogen-bond acceptors (Lipinski definition) is 6. The summed E-state index contributed by atoms with van der Waals surface area (Å²) < 4.78 is 0. The molecule has 0 amide bonds. The molecule has 2 atom stereocenters. The molecule has 0 fully saturated rings. The zero-order valence-corrected chi connectivity index (χ0v) is 11.7. The summed E-state index contributed by atoms with van der Waals surface area (Å²) in [7, 11) is 0. The number of aliphatic hydroxyl groups excluding tert-OH is 2. The summed E-state index contributed by atoms with van der Waals surface area (Å²) in [5.74, 6) is -2.11. The quantitative estimate of drug-likeness (QED) is 0.339. The number of hydrogen-bond donors (Lipinski definition) is 6. The van der Waals surface area contributed by atoms with Gasteiger partial charge in [-0.05, 0) is 26.7 Å². The Bertz CT molecular complexity index is 268. The highest BCUT2D eigenvalue weighted by Gasteiger charge is 2.23. The molecule has 0 bridgehead atoms. The van der Waals surface area contributed by atoms with Crippen LogP contribution in [0.5, 0.6) is 0 Å². The van der Waals surface area contributed by atoms with Crippen molar-refractivity contribution in [3.05, 3.63) is 0 Å². The molecule has 0 aliphatic rings. The van der Waals surface area contributed by atoms with Crippen molar-refractivity contribution in [1.82, 2.24) is 0 Å². The van der Waals surface area contributed by atoms with Gasteiger partial charge in [0.2, 0.25) is 0 Å². The van der Waals surface area contributed by atoms with Crippen LogP contribution in [0.1, 0.15) is 39.5 Å². The van der Waals surface area contributed by atoms with Gasteiger partial charge in [0.15, 0.2) is 0 Å². The van der Waals surface area contributed by atoms with Gasteiger partial charge in [-0.1, -0.05) is 0 Å². The maximum atomic E-state index is 10.0. The average molecular weight is 296 g/mol. The predicted octanol–water partition coefficient (Wildman–Crippen LogP) is -0.811. The van der Waals surface area contributed by atoms with E-state index in [2.05, 4.69) is 0 Å². The second-order valence-electron chi connectivity index (χ2n) is 5.08. The standard InChI is InChI=1S/2C6H12O4/c2*1-6(10,2-3-7)4-5(8)9/h2*7,10H,2-4H2,1H3,(H,8,9)/t2*6-/m11/s1. The highest BCUT2D eigenvalue weighted by molar-refractivity contribution is 5.68. The lowest BCUT2D eigenvalue weighted by atomic mass is 9.99. The number of aliphatic carboxylic acids is 2. The van der Waals surface area contributed by atoms with Crippen LogP contribution in [0.3, 0.4) is 0 Å². The molecule has 0 unspecified atom stereocenters. The minimum absolute atomic E-state index is 0.0965. The smallest absolute Gasteiger partial charge is 0.306 e. The molecule has 120 valence electrons. The molecule has 0 aliphatic heterocycles. The van der Waals surface area contributed by atoms with Gasteiger partial charge in [0.1, 0.15) is 0 Å². The van der Waals surface area contributed by atoms with E-state index in [1.54, 1.807) is 0 Å². The van der Waals surface area contributed by atoms with Gasteiger partial charge in [-0.25, -0.2) is 0 Å². The van der Waals surface area contributed by atoms with Gasteiger partial charge < -0.3 is 30.6 Å². The highest BCUT2D eigenvalue weighted by atomic mass is 16.4. The van der Waals surface area contributed by atoms with E-state index >= 15 is 0 Å². The molecular formula is C12H24O8. The third-order valence-electron chi connectivity index (χ3n) is 2.36. The first-order valence-corrected chi connectivity index (χ1v) is 6.06. The van der Waals surface area contributed by atoms with Crippen LogP contribution in [0.25, 0.3) is 0 Å². The van der Waals surface area contributed by atoms with Gasteiger partial charge in [0.25, 0.3) is 0 Å². The Kier molecular flexibility index (Phi) is 10.2. The summed E-state index contributed by atoms with van der Waals surface area (Å²) in [6.07, 6.45) is -0.459. The largest absolute Gasteiger partial charge is 0.481 e. The Morgan fingerprint density at radius 2 is 1.05 bits per heavy atom. The van der Waals surface area contributed by atoms with Crippen LogP contribution in [0.4, 0.5) is 0 Å². The van der Waals surface area contributed by atoms with Crippen LogP contribution < -0.4 is 0 Å². The van der Waals surface area contributed by atoms with Crippen molar-refractivity contribution in [2.45, 2.75) is 50.7 Å². The van der Waals surface area contributed by atoms with E-state index in [4.69, 9.17) is 30.6 Å². The van der Waals surface area contributed by atoms with Gasteiger partial charge in [0, 0.05) is 13.2 Å². The molecule has 0 rings (SSSR count). The van der Waals surface area contributed by atoms with Gasteiger partial charge >= 0.3 is 11.9 Å². The molecule has 0 spiro atoms. The zero-order valence-electron chi connectivity index (χ0n) is 11.7. The fourth-order valence-electron chi connectivity index (χ4n) is 1.31. The van der Waals surface area contributed by atoms with Gasteiger partial charge in [0.05, 0.1) is 24.0 Å². The third kappa shape index (κ3) is 14.8. The Labute approximate surface area is 117 Å². The molecule has 0 radical (unpaired) electrons. The van der Waals surface area contributed by atoms with Crippen molar-refractivity contribution < 1.29 is 40.2 Å². The average Bonchev–Trinajstić information content (AvgIpc) is 2.12. The summed E-state index contributed by atoms with van der Waals surface area (Å²) in [6.45, 7) is 2.38. The Balaban J connectivity index is 0. The van der Waals surface area contributed by atoms with E-state index in [9.17, 15) is 9.59 Å². The van der Waals surface area contributed by atoms with Crippen LogP contribution in [0.2, 0.25) is 0 Å². The van der Waals surface area contributed by atoms with Gasteiger partial charge in [-0.15, -0.1) is 0 Å². The van der Waals surface area contributed by atoms with Crippen molar-refractivity contribution >= 4 is 11.9 Å². The minimum atomic E-state index is -1.28. The van der Waals surface area contributed by atoms with E-state index in [0.717, 1.165) is 0 Å². The SMILES string of the molecule is C[C@@](O)(CCO)CC(=O)O.C[C@@](O)(CCO)CC(=O)O. The van der Waals surface area contributed by atoms with Gasteiger partial charge in [-0.2, -0.15) is 0 Å². The van der Waals surface area contributed by atoms with Gasteiger partial charge in [-0.3, -0.25) is 9.59 Å². The van der Waals surface area contributed by atoms with E-state index in [-0.39, 0.29) is 38.9 Å². The molecule has 0 saturated heterocycles. The molecule has 6 N–H and O–H groups in total. The molecule has 0 aromatic carbocycles. The lowest BCUT2D eigenvalue weighted by Crippen LogP contribution is -2.28. The van der Waals surface area contributed by atoms with Crippen molar-refractivity contribution in [3.8, 4) is 0 Å². The van der Waals surface area contributed by atoms with Crippen molar-refractivity contribution in [3.63, 3.8) is 0 Å². The Morgan fingerprint density at radius 1 is 0.800 bits per heavy atom. The van der Waals surface area contributed by atoms with E-state index in [1.165, 1.54) is 13.8 Å². The number of carbonyl (C=O) groups is 2. The fraction of sp³-hybridized carbons (Fsp3) is 0.833. The molecular weight excluding hydrogens is 272 g/mol. The minimum Gasteiger partial charge on any atom is -0.481 e. The third-order valence-corrected chi connectivity index (χ3v) is 2.36. The Hall–Kier alpha value is -1.22. The van der Waals surface area contributed by atoms with Crippen LogP contribution in [-0.4, -0.2) is 67.0 Å². The monoisotopic (exact) mass is 296 g/mol. The van der Waals surface area contributed by atoms with Crippen LogP contribution >= 0.6 is 0 Å². The fourth-order valence-corrected chi connectivity index (χ4v) is 1.31. The number of carboxylic acids is 2. The topological polar surface area (TPSA) is 156 Å². The number of rotatable bonds is 8. The summed E-state index contributed by atoms with van der Waals surface area (Å²) in [5.41, 5.74) is -2.55. The Morgan fingerprint density at radius 3 is 1.20 bits per heavy atom. The van der Waals surface area contributed by atoms with Crippen molar-refractivity contribution in [2.75, 3.05) is 13.2 Å². The summed E-state index contributed by atoms with van der Waals surface area (Å²) in [6, 6.07) is 0. The lowest BCUT2D eigenvalue weighted by molar-refractivity contribution is -0.143. The maximum Gasteiger partial charge on any atom is 0.306 e. The second kappa shape index (κ2) is 9.65. The second-order valence-corrected chi connectivity index (χ2v) is 5.08. The predicted molar refractivity (Wildman–Crippen MR) is 69.2 cm³/mol. The molecule has 0 saturated carbocycles. The molecule has 8 heteroatoms. The first-order valence-electron chi connectivity index (χ1n) is 6.06. The van der Waals surface area contributed by atoms with Crippen LogP contribution in [0.15, 0.2) is 0 Å². The molecule has 0 aromatic rings. The zero-order chi connectivity index (χ0) is 16.4. The summed E-state index contributed by atoms with van der Waals surface area (Å²) in [4.78, 5) is 20.1. The molecule has 8 nitrogen and oxygen atoms in total. The van der Waals surface area contributed by atoms with Crippen LogP contribution in [0, 0.1) is 0 Å². The summed E-state index contributed by atoms with van der Waals surface area (Å²) in [5, 5.41) is 51.5. The molecule has 0 aromatic heterocycles. The highest BCUT2D eigenvalue weighted by Crippen LogP contribution is 2.13. The van der Waals surface area contributed by atoms with E-state index in [0.29, 0.717) is 0 Å². The molecule has 0 heterocycles. The van der Waals surface area contributed by atoms with E-state index < -0.39 is 23.1 Å². The van der Waals surface area contributed by atoms with E-state index in [1.807, 2.05) is 0 Å². The first-order chi connectivity index (χ1) is 8.95.